The van der Waals surface area contributed by atoms with Crippen molar-refractivity contribution in [1.29, 1.82) is 0 Å². The third-order valence-corrected chi connectivity index (χ3v) is 4.30. The van der Waals surface area contributed by atoms with E-state index < -0.39 is 11.6 Å². The van der Waals surface area contributed by atoms with E-state index in [0.717, 1.165) is 0 Å². The standard InChI is InChI=1S/C16H21F2NO/c1-10(2)16-13(17)7-12(8-14(16)18)19-5-6-20-9-15(19)11-3-4-11/h7-8,10-11,15H,3-6,9H2,1-2H3. The number of hydrogen-bond acceptors (Lipinski definition) is 2. The summed E-state index contributed by atoms with van der Waals surface area (Å²) in [5.74, 6) is -0.397. The topological polar surface area (TPSA) is 12.5 Å². The second kappa shape index (κ2) is 5.32. The van der Waals surface area contributed by atoms with Crippen LogP contribution in [0.25, 0.3) is 0 Å². The molecule has 2 fully saturated rings. The number of anilines is 1. The first kappa shape index (κ1) is 13.8. The van der Waals surface area contributed by atoms with Crippen molar-refractivity contribution >= 4 is 5.69 Å². The zero-order valence-corrected chi connectivity index (χ0v) is 12.0. The molecule has 1 aliphatic carbocycles. The molecule has 0 bridgehead atoms. The number of rotatable bonds is 3. The molecular weight excluding hydrogens is 260 g/mol. The minimum atomic E-state index is -0.434. The summed E-state index contributed by atoms with van der Waals surface area (Å²) in [6.07, 6.45) is 2.39. The number of morpholine rings is 1. The fourth-order valence-corrected chi connectivity index (χ4v) is 3.10. The number of nitrogens with zero attached hydrogens (tertiary/aromatic N) is 1. The average molecular weight is 281 g/mol. The Balaban J connectivity index is 1.92. The lowest BCUT2D eigenvalue weighted by Crippen LogP contribution is -2.47. The van der Waals surface area contributed by atoms with Gasteiger partial charge >= 0.3 is 0 Å². The van der Waals surface area contributed by atoms with Crippen LogP contribution >= 0.6 is 0 Å². The predicted molar refractivity (Wildman–Crippen MR) is 75.1 cm³/mol. The van der Waals surface area contributed by atoms with E-state index in [4.69, 9.17) is 4.74 Å². The molecule has 1 heterocycles. The summed E-state index contributed by atoms with van der Waals surface area (Å²) < 4.78 is 33.9. The largest absolute Gasteiger partial charge is 0.377 e. The zero-order valence-electron chi connectivity index (χ0n) is 12.0. The van der Waals surface area contributed by atoms with Crippen LogP contribution in [-0.2, 0) is 4.74 Å². The van der Waals surface area contributed by atoms with Crippen LogP contribution in [0.15, 0.2) is 12.1 Å². The van der Waals surface area contributed by atoms with Crippen molar-refractivity contribution in [3.63, 3.8) is 0 Å². The lowest BCUT2D eigenvalue weighted by atomic mass is 10.0. The maximum atomic E-state index is 14.2. The first-order valence-corrected chi connectivity index (χ1v) is 7.41. The minimum absolute atomic E-state index is 0.145. The normalized spacial score (nSPS) is 23.4. The van der Waals surface area contributed by atoms with Gasteiger partial charge in [0.15, 0.2) is 0 Å². The molecule has 2 nitrogen and oxygen atoms in total. The Labute approximate surface area is 118 Å². The fourth-order valence-electron chi connectivity index (χ4n) is 3.10. The highest BCUT2D eigenvalue weighted by molar-refractivity contribution is 5.51. The molecule has 0 radical (unpaired) electrons. The first-order valence-electron chi connectivity index (χ1n) is 7.41. The van der Waals surface area contributed by atoms with Crippen LogP contribution in [0.1, 0.15) is 38.2 Å². The van der Waals surface area contributed by atoms with Crippen LogP contribution in [0.4, 0.5) is 14.5 Å². The summed E-state index contributed by atoms with van der Waals surface area (Å²) in [5, 5.41) is 0. The average Bonchev–Trinajstić information content (AvgIpc) is 3.21. The van der Waals surface area contributed by atoms with Crippen molar-refractivity contribution in [2.24, 2.45) is 5.92 Å². The maximum absolute atomic E-state index is 14.2. The molecule has 1 saturated carbocycles. The summed E-state index contributed by atoms with van der Waals surface area (Å²) >= 11 is 0. The summed E-state index contributed by atoms with van der Waals surface area (Å²) in [7, 11) is 0. The number of halogens is 2. The second-order valence-corrected chi connectivity index (χ2v) is 6.15. The highest BCUT2D eigenvalue weighted by Gasteiger charge is 2.37. The van der Waals surface area contributed by atoms with Crippen molar-refractivity contribution in [2.75, 3.05) is 24.7 Å². The van der Waals surface area contributed by atoms with Crippen molar-refractivity contribution in [1.82, 2.24) is 0 Å². The number of benzene rings is 1. The van der Waals surface area contributed by atoms with E-state index in [2.05, 4.69) is 4.90 Å². The van der Waals surface area contributed by atoms with Crippen LogP contribution in [0.5, 0.6) is 0 Å². The Morgan fingerprint density at radius 2 is 1.85 bits per heavy atom. The van der Waals surface area contributed by atoms with Crippen LogP contribution in [-0.4, -0.2) is 25.8 Å². The van der Waals surface area contributed by atoms with E-state index in [1.54, 1.807) is 0 Å². The van der Waals surface area contributed by atoms with Gasteiger partial charge in [-0.2, -0.15) is 0 Å². The molecule has 20 heavy (non-hydrogen) atoms. The molecule has 1 aliphatic heterocycles. The molecule has 1 aromatic rings. The minimum Gasteiger partial charge on any atom is -0.377 e. The number of hydrogen-bond donors (Lipinski definition) is 0. The Morgan fingerprint density at radius 3 is 2.40 bits per heavy atom. The van der Waals surface area contributed by atoms with E-state index >= 15 is 0 Å². The first-order chi connectivity index (χ1) is 9.58. The SMILES string of the molecule is CC(C)c1c(F)cc(N2CCOCC2C2CC2)cc1F. The highest BCUT2D eigenvalue weighted by Crippen LogP contribution is 2.39. The Kier molecular flexibility index (Phi) is 3.67. The van der Waals surface area contributed by atoms with E-state index in [1.165, 1.54) is 25.0 Å². The fraction of sp³-hybridized carbons (Fsp3) is 0.625. The molecule has 4 heteroatoms. The smallest absolute Gasteiger partial charge is 0.131 e. The van der Waals surface area contributed by atoms with Gasteiger partial charge < -0.3 is 9.64 Å². The Bertz CT molecular complexity index is 476. The Hall–Kier alpha value is -1.16. The Morgan fingerprint density at radius 1 is 1.20 bits per heavy atom. The molecule has 1 unspecified atom stereocenters. The molecule has 0 spiro atoms. The summed E-state index contributed by atoms with van der Waals surface area (Å²) in [6.45, 7) is 5.62. The van der Waals surface area contributed by atoms with Gasteiger partial charge in [-0.3, -0.25) is 0 Å². The monoisotopic (exact) mass is 281 g/mol. The molecule has 0 N–H and O–H groups in total. The van der Waals surface area contributed by atoms with Gasteiger partial charge in [-0.15, -0.1) is 0 Å². The quantitative estimate of drug-likeness (QED) is 0.837. The van der Waals surface area contributed by atoms with Crippen molar-refractivity contribution in [3.05, 3.63) is 29.3 Å². The van der Waals surface area contributed by atoms with Crippen LogP contribution in [0.3, 0.4) is 0 Å². The van der Waals surface area contributed by atoms with Crippen molar-refractivity contribution in [2.45, 2.75) is 38.6 Å². The van der Waals surface area contributed by atoms with E-state index in [-0.39, 0.29) is 17.5 Å². The van der Waals surface area contributed by atoms with E-state index in [9.17, 15) is 8.78 Å². The second-order valence-electron chi connectivity index (χ2n) is 6.15. The lowest BCUT2D eigenvalue weighted by molar-refractivity contribution is 0.0878. The van der Waals surface area contributed by atoms with Gasteiger partial charge in [-0.25, -0.2) is 8.78 Å². The lowest BCUT2D eigenvalue weighted by Gasteiger charge is -2.38. The summed E-state index contributed by atoms with van der Waals surface area (Å²) in [4.78, 5) is 2.12. The molecule has 1 aromatic carbocycles. The molecule has 3 rings (SSSR count). The van der Waals surface area contributed by atoms with E-state index in [0.29, 0.717) is 31.4 Å². The predicted octanol–water partition coefficient (Wildman–Crippen LogP) is 3.70. The molecule has 0 aromatic heterocycles. The van der Waals surface area contributed by atoms with Gasteiger partial charge in [0.1, 0.15) is 11.6 Å². The molecule has 1 saturated heterocycles. The molecule has 110 valence electrons. The van der Waals surface area contributed by atoms with Crippen LogP contribution in [0, 0.1) is 17.6 Å². The van der Waals surface area contributed by atoms with E-state index in [1.807, 2.05) is 13.8 Å². The van der Waals surface area contributed by atoms with Gasteiger partial charge in [0, 0.05) is 17.8 Å². The summed E-state index contributed by atoms with van der Waals surface area (Å²) in [6, 6.07) is 3.24. The van der Waals surface area contributed by atoms with Gasteiger partial charge in [0.25, 0.3) is 0 Å². The van der Waals surface area contributed by atoms with Gasteiger partial charge in [0.2, 0.25) is 0 Å². The molecule has 2 aliphatic rings. The van der Waals surface area contributed by atoms with Crippen molar-refractivity contribution in [3.8, 4) is 0 Å². The molecular formula is C16H21F2NO. The number of ether oxygens (including phenoxy) is 1. The van der Waals surface area contributed by atoms with Crippen LogP contribution < -0.4 is 4.90 Å². The molecule has 0 amide bonds. The van der Waals surface area contributed by atoms with Gasteiger partial charge in [-0.05, 0) is 36.8 Å². The van der Waals surface area contributed by atoms with Gasteiger partial charge in [-0.1, -0.05) is 13.8 Å². The third kappa shape index (κ3) is 2.53. The zero-order chi connectivity index (χ0) is 14.3. The maximum Gasteiger partial charge on any atom is 0.131 e. The molecule has 1 atom stereocenters. The highest BCUT2D eigenvalue weighted by atomic mass is 19.1. The van der Waals surface area contributed by atoms with Crippen molar-refractivity contribution < 1.29 is 13.5 Å². The summed E-state index contributed by atoms with van der Waals surface area (Å²) in [5.41, 5.74) is 0.842. The van der Waals surface area contributed by atoms with Gasteiger partial charge in [0.05, 0.1) is 19.3 Å². The third-order valence-electron chi connectivity index (χ3n) is 4.30. The van der Waals surface area contributed by atoms with Crippen LogP contribution in [0.2, 0.25) is 0 Å².